The van der Waals surface area contributed by atoms with Crippen LogP contribution in [0.4, 0.5) is 10.1 Å². The van der Waals surface area contributed by atoms with Crippen molar-refractivity contribution in [2.24, 2.45) is 0 Å². The molecule has 2 aromatic rings. The maximum absolute atomic E-state index is 13.8. The predicted molar refractivity (Wildman–Crippen MR) is 82.8 cm³/mol. The Hall–Kier alpha value is -2.07. The van der Waals surface area contributed by atoms with Crippen molar-refractivity contribution in [1.29, 1.82) is 0 Å². The predicted octanol–water partition coefficient (Wildman–Crippen LogP) is 3.94. The number of rotatable bonds is 4. The number of amides is 1. The third kappa shape index (κ3) is 3.73. The zero-order valence-corrected chi connectivity index (χ0v) is 12.3. The van der Waals surface area contributed by atoms with Gasteiger partial charge in [-0.3, -0.25) is 4.79 Å². The monoisotopic (exact) mass is 306 g/mol. The van der Waals surface area contributed by atoms with Crippen molar-refractivity contribution in [2.75, 3.05) is 5.73 Å². The van der Waals surface area contributed by atoms with Gasteiger partial charge in [-0.1, -0.05) is 30.7 Å². The maximum Gasteiger partial charge on any atom is 0.254 e. The van der Waals surface area contributed by atoms with Gasteiger partial charge in [0.1, 0.15) is 5.82 Å². The van der Waals surface area contributed by atoms with E-state index in [4.69, 9.17) is 17.3 Å². The number of carbonyl (C=O) groups excluding carboxylic acids is 1. The molecule has 1 unspecified atom stereocenters. The number of benzene rings is 2. The summed E-state index contributed by atoms with van der Waals surface area (Å²) < 4.78 is 13.8. The zero-order valence-electron chi connectivity index (χ0n) is 11.6. The lowest BCUT2D eigenvalue weighted by atomic mass is 10.0. The van der Waals surface area contributed by atoms with Gasteiger partial charge in [-0.05, 0) is 42.3 Å². The second-order valence-corrected chi connectivity index (χ2v) is 5.17. The fourth-order valence-corrected chi connectivity index (χ4v) is 2.29. The highest BCUT2D eigenvalue weighted by molar-refractivity contribution is 6.30. The highest BCUT2D eigenvalue weighted by atomic mass is 35.5. The van der Waals surface area contributed by atoms with Crippen molar-refractivity contribution in [3.05, 3.63) is 64.4 Å². The van der Waals surface area contributed by atoms with Gasteiger partial charge < -0.3 is 11.1 Å². The quantitative estimate of drug-likeness (QED) is 0.841. The van der Waals surface area contributed by atoms with Crippen LogP contribution in [0.1, 0.15) is 35.3 Å². The van der Waals surface area contributed by atoms with E-state index in [0.29, 0.717) is 11.4 Å². The minimum absolute atomic E-state index is 0.0234. The van der Waals surface area contributed by atoms with Crippen molar-refractivity contribution in [2.45, 2.75) is 19.4 Å². The van der Waals surface area contributed by atoms with Crippen LogP contribution in [0, 0.1) is 5.82 Å². The lowest BCUT2D eigenvalue weighted by Crippen LogP contribution is -2.28. The highest BCUT2D eigenvalue weighted by Gasteiger charge is 2.17. The molecule has 0 aliphatic rings. The van der Waals surface area contributed by atoms with Crippen molar-refractivity contribution in [3.63, 3.8) is 0 Å². The first-order valence-electron chi connectivity index (χ1n) is 6.62. The first-order valence-corrected chi connectivity index (χ1v) is 7.00. The molecule has 0 spiro atoms. The molecule has 0 aromatic heterocycles. The van der Waals surface area contributed by atoms with Crippen LogP contribution in [0.15, 0.2) is 42.5 Å². The summed E-state index contributed by atoms with van der Waals surface area (Å²) >= 11 is 5.96. The minimum atomic E-state index is -0.631. The summed E-state index contributed by atoms with van der Waals surface area (Å²) in [5.74, 6) is -1.10. The Morgan fingerprint density at radius 3 is 2.71 bits per heavy atom. The van der Waals surface area contributed by atoms with Crippen LogP contribution in [0.25, 0.3) is 0 Å². The Balaban J connectivity index is 2.20. The number of nitrogens with two attached hydrogens (primary N) is 1. The zero-order chi connectivity index (χ0) is 15.4. The second-order valence-electron chi connectivity index (χ2n) is 4.73. The van der Waals surface area contributed by atoms with Gasteiger partial charge in [0, 0.05) is 10.7 Å². The Bertz CT molecular complexity index is 660. The topological polar surface area (TPSA) is 55.1 Å². The first-order chi connectivity index (χ1) is 10.0. The lowest BCUT2D eigenvalue weighted by Gasteiger charge is -2.18. The molecule has 0 bridgehead atoms. The van der Waals surface area contributed by atoms with E-state index in [2.05, 4.69) is 5.32 Å². The molecule has 5 heteroatoms. The Labute approximate surface area is 127 Å². The molecule has 0 saturated carbocycles. The molecule has 2 rings (SSSR count). The SMILES string of the molecule is CCC(NC(=O)c1ccc(N)cc1F)c1cccc(Cl)c1. The molecule has 2 aromatic carbocycles. The van der Waals surface area contributed by atoms with Gasteiger partial charge in [-0.25, -0.2) is 4.39 Å². The molecule has 0 radical (unpaired) electrons. The standard InChI is InChI=1S/C16H16ClFN2O/c1-2-15(10-4-3-5-11(17)8-10)20-16(21)13-7-6-12(19)9-14(13)18/h3-9,15H,2,19H2,1H3,(H,20,21). The van der Waals surface area contributed by atoms with Gasteiger partial charge in [0.05, 0.1) is 11.6 Å². The number of carbonyl (C=O) groups is 1. The summed E-state index contributed by atoms with van der Waals surface area (Å²) in [6.45, 7) is 1.94. The highest BCUT2D eigenvalue weighted by Crippen LogP contribution is 2.21. The molecule has 0 heterocycles. The summed E-state index contributed by atoms with van der Waals surface area (Å²) in [6, 6.07) is 11.0. The van der Waals surface area contributed by atoms with Crippen LogP contribution >= 0.6 is 11.6 Å². The smallest absolute Gasteiger partial charge is 0.254 e. The van der Waals surface area contributed by atoms with Gasteiger partial charge in [-0.2, -0.15) is 0 Å². The lowest BCUT2D eigenvalue weighted by molar-refractivity contribution is 0.0931. The van der Waals surface area contributed by atoms with Crippen LogP contribution in [0.2, 0.25) is 5.02 Å². The van der Waals surface area contributed by atoms with Crippen LogP contribution in [-0.2, 0) is 0 Å². The third-order valence-electron chi connectivity index (χ3n) is 3.20. The summed E-state index contributed by atoms with van der Waals surface area (Å²) in [4.78, 5) is 12.2. The van der Waals surface area contributed by atoms with E-state index in [-0.39, 0.29) is 17.3 Å². The molecule has 1 atom stereocenters. The summed E-state index contributed by atoms with van der Waals surface area (Å²) in [5.41, 5.74) is 6.62. The molecule has 0 aliphatic heterocycles. The van der Waals surface area contributed by atoms with E-state index >= 15 is 0 Å². The number of nitrogen functional groups attached to an aromatic ring is 1. The molecule has 3 N–H and O–H groups in total. The van der Waals surface area contributed by atoms with Crippen LogP contribution < -0.4 is 11.1 Å². The fourth-order valence-electron chi connectivity index (χ4n) is 2.10. The fraction of sp³-hybridized carbons (Fsp3) is 0.188. The van der Waals surface area contributed by atoms with E-state index < -0.39 is 11.7 Å². The Morgan fingerprint density at radius 2 is 2.10 bits per heavy atom. The van der Waals surface area contributed by atoms with Gasteiger partial charge >= 0.3 is 0 Å². The molecule has 1 amide bonds. The van der Waals surface area contributed by atoms with Gasteiger partial charge in [0.2, 0.25) is 0 Å². The average molecular weight is 307 g/mol. The summed E-state index contributed by atoms with van der Waals surface area (Å²) in [5, 5.41) is 3.40. The molecular weight excluding hydrogens is 291 g/mol. The van der Waals surface area contributed by atoms with Crippen molar-refractivity contribution in [1.82, 2.24) is 5.32 Å². The van der Waals surface area contributed by atoms with Gasteiger partial charge in [0.25, 0.3) is 5.91 Å². The van der Waals surface area contributed by atoms with E-state index in [1.807, 2.05) is 19.1 Å². The first kappa shape index (κ1) is 15.3. The van der Waals surface area contributed by atoms with Crippen LogP contribution in [0.5, 0.6) is 0 Å². The molecule has 21 heavy (non-hydrogen) atoms. The van der Waals surface area contributed by atoms with E-state index in [0.717, 1.165) is 11.6 Å². The summed E-state index contributed by atoms with van der Waals surface area (Å²) in [7, 11) is 0. The largest absolute Gasteiger partial charge is 0.399 e. The van der Waals surface area contributed by atoms with Crippen molar-refractivity contribution < 1.29 is 9.18 Å². The van der Waals surface area contributed by atoms with Gasteiger partial charge in [0.15, 0.2) is 0 Å². The van der Waals surface area contributed by atoms with E-state index in [1.54, 1.807) is 12.1 Å². The van der Waals surface area contributed by atoms with E-state index in [1.165, 1.54) is 12.1 Å². The normalized spacial score (nSPS) is 12.0. The second kappa shape index (κ2) is 6.59. The Morgan fingerprint density at radius 1 is 1.33 bits per heavy atom. The molecule has 0 saturated heterocycles. The van der Waals surface area contributed by atoms with Crippen LogP contribution in [-0.4, -0.2) is 5.91 Å². The van der Waals surface area contributed by atoms with Gasteiger partial charge in [-0.15, -0.1) is 0 Å². The van der Waals surface area contributed by atoms with Crippen molar-refractivity contribution in [3.8, 4) is 0 Å². The number of hydrogen-bond acceptors (Lipinski definition) is 2. The number of nitrogens with one attached hydrogen (secondary N) is 1. The third-order valence-corrected chi connectivity index (χ3v) is 3.44. The number of anilines is 1. The molecule has 110 valence electrons. The minimum Gasteiger partial charge on any atom is -0.399 e. The molecule has 0 fully saturated rings. The van der Waals surface area contributed by atoms with E-state index in [9.17, 15) is 9.18 Å². The molecular formula is C16H16ClFN2O. The molecule has 0 aliphatic carbocycles. The van der Waals surface area contributed by atoms with Crippen LogP contribution in [0.3, 0.4) is 0 Å². The number of halogens is 2. The average Bonchev–Trinajstić information content (AvgIpc) is 2.44. The summed E-state index contributed by atoms with van der Waals surface area (Å²) in [6.07, 6.45) is 0.669. The van der Waals surface area contributed by atoms with Crippen molar-refractivity contribution >= 4 is 23.2 Å². The maximum atomic E-state index is 13.8. The molecule has 3 nitrogen and oxygen atoms in total. The Kier molecular flexibility index (Phi) is 4.81. The number of hydrogen-bond donors (Lipinski definition) is 2.